The summed E-state index contributed by atoms with van der Waals surface area (Å²) < 4.78 is 5.50. The topological polar surface area (TPSA) is 121 Å². The number of benzene rings is 2. The molecule has 0 bridgehead atoms. The van der Waals surface area contributed by atoms with Gasteiger partial charge in [-0.15, -0.1) is 0 Å². The van der Waals surface area contributed by atoms with Crippen LogP contribution in [0.15, 0.2) is 24.3 Å². The number of fused-ring (bicyclic) bond motifs is 3. The Balaban J connectivity index is 1.50. The molecular formula is C28H32O7. The van der Waals surface area contributed by atoms with Crippen LogP contribution in [0.1, 0.15) is 94.8 Å². The Bertz CT molecular complexity index is 1170. The van der Waals surface area contributed by atoms with Gasteiger partial charge in [0.2, 0.25) is 0 Å². The molecule has 2 aromatic rings. The third-order valence-corrected chi connectivity index (χ3v) is 7.18. The second-order valence-electron chi connectivity index (χ2n) is 9.56. The number of Topliss-reactive ketones (excluding diaryl/α,β-unsaturated/α-hetero) is 1. The molecule has 35 heavy (non-hydrogen) atoms. The van der Waals surface area contributed by atoms with E-state index in [1.165, 1.54) is 31.4 Å². The molecule has 0 amide bonds. The van der Waals surface area contributed by atoms with Gasteiger partial charge in [0.05, 0.1) is 11.1 Å². The number of carbonyl (C=O) groups is 3. The van der Waals surface area contributed by atoms with Gasteiger partial charge < -0.3 is 20.1 Å². The summed E-state index contributed by atoms with van der Waals surface area (Å²) in [5, 5.41) is 33.1. The van der Waals surface area contributed by atoms with Gasteiger partial charge in [-0.3, -0.25) is 14.4 Å². The van der Waals surface area contributed by atoms with Gasteiger partial charge in [0.15, 0.2) is 17.3 Å². The molecule has 0 saturated carbocycles. The monoisotopic (exact) mass is 480 g/mol. The number of ketones is 3. The second kappa shape index (κ2) is 10.3. The molecule has 3 N–H and O–H groups in total. The van der Waals surface area contributed by atoms with Crippen LogP contribution in [0.4, 0.5) is 0 Å². The predicted octanol–water partition coefficient (Wildman–Crippen LogP) is 4.04. The molecular weight excluding hydrogens is 448 g/mol. The van der Waals surface area contributed by atoms with E-state index in [0.29, 0.717) is 6.61 Å². The van der Waals surface area contributed by atoms with Crippen LogP contribution in [0.5, 0.6) is 11.5 Å². The molecule has 7 nitrogen and oxygen atoms in total. The summed E-state index contributed by atoms with van der Waals surface area (Å²) in [6, 6.07) is 6.25. The highest BCUT2D eigenvalue weighted by molar-refractivity contribution is 6.30. The average molecular weight is 481 g/mol. The molecule has 0 fully saturated rings. The molecule has 2 aliphatic carbocycles. The molecule has 0 saturated heterocycles. The number of phenols is 2. The summed E-state index contributed by atoms with van der Waals surface area (Å²) in [7, 11) is 0. The molecule has 0 aromatic heterocycles. The van der Waals surface area contributed by atoms with Gasteiger partial charge in [-0.05, 0) is 19.3 Å². The second-order valence-corrected chi connectivity index (χ2v) is 9.56. The van der Waals surface area contributed by atoms with Crippen LogP contribution in [0.2, 0.25) is 0 Å². The largest absolute Gasteiger partial charge is 0.507 e. The predicted molar refractivity (Wildman–Crippen MR) is 129 cm³/mol. The lowest BCUT2D eigenvalue weighted by Gasteiger charge is -2.34. The highest BCUT2D eigenvalue weighted by Crippen LogP contribution is 2.47. The van der Waals surface area contributed by atoms with E-state index in [4.69, 9.17) is 4.74 Å². The van der Waals surface area contributed by atoms with Crippen molar-refractivity contribution < 1.29 is 34.4 Å². The summed E-state index contributed by atoms with van der Waals surface area (Å²) >= 11 is 0. The maximum atomic E-state index is 13.1. The number of aliphatic hydroxyl groups is 1. The summed E-state index contributed by atoms with van der Waals surface area (Å²) in [5.41, 5.74) is -1.56. The average Bonchev–Trinajstić information content (AvgIpc) is 2.86. The standard InChI is InChI=1S/C28H32O7/c1-2-3-4-5-6-9-14-35-16-21(29)28(34)13-12-19-20(15-28)27(33)23-22(26(19)32)24(30)17-10-7-8-11-18(17)25(23)31/h7-8,10-11,32-34H,2-6,9,12-16H2,1H3/t28-/m1/s1. The fourth-order valence-corrected chi connectivity index (χ4v) is 5.11. The first-order valence-corrected chi connectivity index (χ1v) is 12.4. The first kappa shape index (κ1) is 25.1. The lowest BCUT2D eigenvalue weighted by atomic mass is 9.73. The fourth-order valence-electron chi connectivity index (χ4n) is 5.11. The third kappa shape index (κ3) is 4.62. The molecule has 0 unspecified atom stereocenters. The molecule has 0 spiro atoms. The fraction of sp³-hybridized carbons (Fsp3) is 0.464. The van der Waals surface area contributed by atoms with Crippen molar-refractivity contribution in [2.45, 2.75) is 70.3 Å². The van der Waals surface area contributed by atoms with Crippen molar-refractivity contribution in [3.63, 3.8) is 0 Å². The zero-order valence-corrected chi connectivity index (χ0v) is 20.1. The number of ether oxygens (including phenoxy) is 1. The van der Waals surface area contributed by atoms with Gasteiger partial charge >= 0.3 is 0 Å². The van der Waals surface area contributed by atoms with Crippen LogP contribution in [-0.2, 0) is 22.4 Å². The first-order chi connectivity index (χ1) is 16.8. The van der Waals surface area contributed by atoms with Crippen LogP contribution >= 0.6 is 0 Å². The number of unbranched alkanes of at least 4 members (excludes halogenated alkanes) is 5. The first-order valence-electron chi connectivity index (χ1n) is 12.4. The van der Waals surface area contributed by atoms with Gasteiger partial charge in [0, 0.05) is 35.3 Å². The van der Waals surface area contributed by atoms with Gasteiger partial charge in [-0.2, -0.15) is 0 Å². The van der Waals surface area contributed by atoms with Crippen molar-refractivity contribution in [3.8, 4) is 11.5 Å². The maximum Gasteiger partial charge on any atom is 0.198 e. The van der Waals surface area contributed by atoms with Crippen LogP contribution < -0.4 is 0 Å². The molecule has 7 heteroatoms. The van der Waals surface area contributed by atoms with E-state index in [-0.39, 0.29) is 65.0 Å². The maximum absolute atomic E-state index is 13.1. The van der Waals surface area contributed by atoms with Crippen LogP contribution in [0, 0.1) is 0 Å². The minimum absolute atomic E-state index is 0.0176. The third-order valence-electron chi connectivity index (χ3n) is 7.18. The molecule has 0 aliphatic heterocycles. The van der Waals surface area contributed by atoms with E-state index in [1.807, 2.05) is 0 Å². The van der Waals surface area contributed by atoms with Crippen molar-refractivity contribution in [2.75, 3.05) is 13.2 Å². The molecule has 2 aromatic carbocycles. The zero-order chi connectivity index (χ0) is 25.2. The number of phenolic OH excluding ortho intramolecular Hbond substituents is 2. The van der Waals surface area contributed by atoms with E-state index in [0.717, 1.165) is 19.3 Å². The van der Waals surface area contributed by atoms with Crippen molar-refractivity contribution in [3.05, 3.63) is 57.6 Å². The normalized spacial score (nSPS) is 18.7. The van der Waals surface area contributed by atoms with Crippen LogP contribution in [0.25, 0.3) is 0 Å². The number of rotatable bonds is 10. The Morgan fingerprint density at radius 2 is 1.49 bits per heavy atom. The van der Waals surface area contributed by atoms with E-state index < -0.39 is 28.7 Å². The summed E-state index contributed by atoms with van der Waals surface area (Å²) in [4.78, 5) is 39.0. The molecule has 0 heterocycles. The molecule has 2 aliphatic rings. The Kier molecular flexibility index (Phi) is 7.38. The highest BCUT2D eigenvalue weighted by atomic mass is 16.5. The van der Waals surface area contributed by atoms with Crippen molar-refractivity contribution in [1.82, 2.24) is 0 Å². The lowest BCUT2D eigenvalue weighted by molar-refractivity contribution is -0.143. The number of hydrogen-bond acceptors (Lipinski definition) is 7. The van der Waals surface area contributed by atoms with E-state index in [1.54, 1.807) is 12.1 Å². The summed E-state index contributed by atoms with van der Waals surface area (Å²) in [6.07, 6.45) is 6.41. The van der Waals surface area contributed by atoms with Gasteiger partial charge in [-0.25, -0.2) is 0 Å². The van der Waals surface area contributed by atoms with E-state index in [9.17, 15) is 29.7 Å². The van der Waals surface area contributed by atoms with Gasteiger partial charge in [0.25, 0.3) is 0 Å². The number of hydrogen-bond donors (Lipinski definition) is 3. The highest BCUT2D eigenvalue weighted by Gasteiger charge is 2.44. The van der Waals surface area contributed by atoms with Crippen molar-refractivity contribution in [2.24, 2.45) is 0 Å². The van der Waals surface area contributed by atoms with Crippen molar-refractivity contribution >= 4 is 17.3 Å². The zero-order valence-electron chi connectivity index (χ0n) is 20.1. The van der Waals surface area contributed by atoms with E-state index in [2.05, 4.69) is 6.92 Å². The smallest absolute Gasteiger partial charge is 0.198 e. The quantitative estimate of drug-likeness (QED) is 0.296. The molecule has 0 radical (unpaired) electrons. The Morgan fingerprint density at radius 1 is 0.914 bits per heavy atom. The number of carbonyl (C=O) groups excluding carboxylic acids is 3. The number of aromatic hydroxyl groups is 2. The molecule has 1 atom stereocenters. The molecule has 186 valence electrons. The van der Waals surface area contributed by atoms with Gasteiger partial charge in [-0.1, -0.05) is 63.3 Å². The SMILES string of the molecule is CCCCCCCCOCC(=O)[C@@]1(O)CCc2c(O)c3c(c(O)c2C1)C(=O)c1ccccc1C3=O. The Morgan fingerprint density at radius 3 is 2.11 bits per heavy atom. The summed E-state index contributed by atoms with van der Waals surface area (Å²) in [5.74, 6) is -2.44. The minimum atomic E-state index is -1.79. The van der Waals surface area contributed by atoms with Gasteiger partial charge in [0.1, 0.15) is 23.7 Å². The van der Waals surface area contributed by atoms with Crippen LogP contribution in [-0.4, -0.2) is 51.5 Å². The van der Waals surface area contributed by atoms with E-state index >= 15 is 0 Å². The lowest BCUT2D eigenvalue weighted by Crippen LogP contribution is -2.46. The summed E-state index contributed by atoms with van der Waals surface area (Å²) in [6.45, 7) is 2.35. The van der Waals surface area contributed by atoms with Crippen molar-refractivity contribution in [1.29, 1.82) is 0 Å². The Hall–Kier alpha value is -3.03. The Labute approximate surface area is 204 Å². The molecule has 4 rings (SSSR count). The minimum Gasteiger partial charge on any atom is -0.507 e. The van der Waals surface area contributed by atoms with Crippen LogP contribution in [0.3, 0.4) is 0 Å².